The molecular weight excluding hydrogens is 280 g/mol. The first-order valence-corrected chi connectivity index (χ1v) is 7.14. The van der Waals surface area contributed by atoms with Crippen molar-refractivity contribution >= 4 is 11.6 Å². The first kappa shape index (κ1) is 14.4. The largest absolute Gasteiger partial charge is 0.330 e. The fraction of sp³-hybridized carbons (Fsp3) is 0.333. The molecule has 0 aliphatic rings. The number of aryl methyl sites for hydroxylation is 2. The summed E-state index contributed by atoms with van der Waals surface area (Å²) in [5, 5.41) is 12.4. The number of fused-ring (bicyclic) bond motifs is 1. The second kappa shape index (κ2) is 5.34. The third-order valence-corrected chi connectivity index (χ3v) is 3.86. The Kier molecular flexibility index (Phi) is 3.50. The SMILES string of the molecule is Cc1nn(C(=O)c2ccn3c(C)nnc3c2)c(C)c1CCN. The molecule has 3 rings (SSSR count). The maximum absolute atomic E-state index is 12.7. The van der Waals surface area contributed by atoms with Crippen LogP contribution in [0.1, 0.15) is 33.1 Å². The average molecular weight is 298 g/mol. The molecule has 7 nitrogen and oxygen atoms in total. The molecule has 0 atom stereocenters. The van der Waals surface area contributed by atoms with Crippen LogP contribution in [0.5, 0.6) is 0 Å². The maximum Gasteiger partial charge on any atom is 0.278 e. The van der Waals surface area contributed by atoms with Gasteiger partial charge in [-0.3, -0.25) is 9.20 Å². The molecule has 0 unspecified atom stereocenters. The van der Waals surface area contributed by atoms with E-state index in [0.29, 0.717) is 24.2 Å². The Morgan fingerprint density at radius 2 is 2.05 bits per heavy atom. The molecule has 0 amide bonds. The van der Waals surface area contributed by atoms with Crippen LogP contribution in [0.3, 0.4) is 0 Å². The summed E-state index contributed by atoms with van der Waals surface area (Å²) in [7, 11) is 0. The number of hydrogen-bond acceptors (Lipinski definition) is 5. The standard InChI is InChI=1S/C15H18N6O/c1-9-13(4-6-16)10(2)21(19-9)15(22)12-5-7-20-11(3)17-18-14(20)8-12/h5,7-8H,4,6,16H2,1-3H3. The Morgan fingerprint density at radius 3 is 2.77 bits per heavy atom. The predicted octanol–water partition coefficient (Wildman–Crippen LogP) is 1.04. The van der Waals surface area contributed by atoms with E-state index in [-0.39, 0.29) is 5.91 Å². The minimum absolute atomic E-state index is 0.174. The molecule has 7 heteroatoms. The number of carbonyl (C=O) groups is 1. The van der Waals surface area contributed by atoms with Crippen molar-refractivity contribution in [3.63, 3.8) is 0 Å². The Bertz CT molecular complexity index is 860. The average Bonchev–Trinajstić information content (AvgIpc) is 3.01. The van der Waals surface area contributed by atoms with Crippen LogP contribution in [0.4, 0.5) is 0 Å². The van der Waals surface area contributed by atoms with Crippen LogP contribution >= 0.6 is 0 Å². The molecule has 0 aliphatic carbocycles. The van der Waals surface area contributed by atoms with E-state index < -0.39 is 0 Å². The van der Waals surface area contributed by atoms with Crippen LogP contribution in [0.25, 0.3) is 5.65 Å². The molecule has 0 spiro atoms. The number of hydrogen-bond donors (Lipinski definition) is 1. The molecule has 3 aromatic rings. The van der Waals surface area contributed by atoms with Crippen molar-refractivity contribution in [1.82, 2.24) is 24.4 Å². The number of aromatic nitrogens is 5. The molecule has 0 aromatic carbocycles. The van der Waals surface area contributed by atoms with E-state index in [0.717, 1.165) is 22.8 Å². The molecule has 0 saturated heterocycles. The van der Waals surface area contributed by atoms with Crippen LogP contribution in [-0.4, -0.2) is 36.8 Å². The number of pyridine rings is 1. The second-order valence-electron chi connectivity index (χ2n) is 5.30. The molecule has 22 heavy (non-hydrogen) atoms. The van der Waals surface area contributed by atoms with Gasteiger partial charge < -0.3 is 5.73 Å². The monoisotopic (exact) mass is 298 g/mol. The van der Waals surface area contributed by atoms with Gasteiger partial charge in [-0.2, -0.15) is 5.10 Å². The van der Waals surface area contributed by atoms with Crippen molar-refractivity contribution in [3.8, 4) is 0 Å². The lowest BCUT2D eigenvalue weighted by Gasteiger charge is -2.05. The van der Waals surface area contributed by atoms with Gasteiger partial charge in [0.15, 0.2) is 5.65 Å². The van der Waals surface area contributed by atoms with Gasteiger partial charge >= 0.3 is 0 Å². The smallest absolute Gasteiger partial charge is 0.278 e. The van der Waals surface area contributed by atoms with Gasteiger partial charge in [-0.1, -0.05) is 0 Å². The van der Waals surface area contributed by atoms with Gasteiger partial charge in [-0.05, 0) is 51.4 Å². The zero-order valence-corrected chi connectivity index (χ0v) is 12.9. The van der Waals surface area contributed by atoms with E-state index in [9.17, 15) is 4.79 Å². The van der Waals surface area contributed by atoms with Gasteiger partial charge in [0.1, 0.15) is 5.82 Å². The summed E-state index contributed by atoms with van der Waals surface area (Å²) in [6.07, 6.45) is 2.51. The third-order valence-electron chi connectivity index (χ3n) is 3.86. The van der Waals surface area contributed by atoms with Crippen molar-refractivity contribution in [2.45, 2.75) is 27.2 Å². The van der Waals surface area contributed by atoms with Crippen LogP contribution in [0, 0.1) is 20.8 Å². The molecule has 0 saturated carbocycles. The van der Waals surface area contributed by atoms with E-state index in [1.165, 1.54) is 4.68 Å². The molecule has 3 aromatic heterocycles. The molecule has 2 N–H and O–H groups in total. The first-order chi connectivity index (χ1) is 10.5. The lowest BCUT2D eigenvalue weighted by molar-refractivity contribution is 0.0942. The van der Waals surface area contributed by atoms with Crippen molar-refractivity contribution in [3.05, 3.63) is 46.7 Å². The zero-order chi connectivity index (χ0) is 15.9. The van der Waals surface area contributed by atoms with Gasteiger partial charge in [0.05, 0.1) is 5.69 Å². The highest BCUT2D eigenvalue weighted by molar-refractivity contribution is 5.96. The highest BCUT2D eigenvalue weighted by Gasteiger charge is 2.18. The fourth-order valence-corrected chi connectivity index (χ4v) is 2.64. The van der Waals surface area contributed by atoms with Crippen molar-refractivity contribution in [2.75, 3.05) is 6.54 Å². The zero-order valence-electron chi connectivity index (χ0n) is 12.9. The topological polar surface area (TPSA) is 91.1 Å². The number of rotatable bonds is 3. The quantitative estimate of drug-likeness (QED) is 0.780. The fourth-order valence-electron chi connectivity index (χ4n) is 2.64. The van der Waals surface area contributed by atoms with E-state index in [1.54, 1.807) is 18.3 Å². The molecule has 0 radical (unpaired) electrons. The summed E-state index contributed by atoms with van der Waals surface area (Å²) in [6.45, 7) is 6.18. The molecule has 0 bridgehead atoms. The summed E-state index contributed by atoms with van der Waals surface area (Å²) in [4.78, 5) is 12.7. The summed E-state index contributed by atoms with van der Waals surface area (Å²) < 4.78 is 3.27. The second-order valence-corrected chi connectivity index (χ2v) is 5.30. The van der Waals surface area contributed by atoms with Crippen molar-refractivity contribution < 1.29 is 4.79 Å². The molecule has 114 valence electrons. The highest BCUT2D eigenvalue weighted by Crippen LogP contribution is 2.16. The maximum atomic E-state index is 12.7. The third kappa shape index (κ3) is 2.19. The Labute approximate surface area is 127 Å². The van der Waals surface area contributed by atoms with E-state index in [4.69, 9.17) is 5.73 Å². The molecule has 0 aliphatic heterocycles. The number of nitrogens with zero attached hydrogens (tertiary/aromatic N) is 5. The minimum atomic E-state index is -0.174. The highest BCUT2D eigenvalue weighted by atomic mass is 16.2. The van der Waals surface area contributed by atoms with Crippen LogP contribution in [0.15, 0.2) is 18.3 Å². The number of nitrogens with two attached hydrogens (primary N) is 1. The summed E-state index contributed by atoms with van der Waals surface area (Å²) in [6, 6.07) is 3.48. The first-order valence-electron chi connectivity index (χ1n) is 7.14. The van der Waals surface area contributed by atoms with Crippen molar-refractivity contribution in [2.24, 2.45) is 5.73 Å². The van der Waals surface area contributed by atoms with Crippen LogP contribution < -0.4 is 5.73 Å². The predicted molar refractivity (Wildman–Crippen MR) is 81.9 cm³/mol. The van der Waals surface area contributed by atoms with Crippen molar-refractivity contribution in [1.29, 1.82) is 0 Å². The lowest BCUT2D eigenvalue weighted by atomic mass is 10.1. The summed E-state index contributed by atoms with van der Waals surface area (Å²) in [5.74, 6) is 0.609. The van der Waals surface area contributed by atoms with Gasteiger partial charge in [0, 0.05) is 17.5 Å². The molecule has 0 fully saturated rings. The van der Waals surface area contributed by atoms with E-state index in [1.807, 2.05) is 25.2 Å². The lowest BCUT2D eigenvalue weighted by Crippen LogP contribution is -2.16. The molecular formula is C15H18N6O. The van der Waals surface area contributed by atoms with E-state index >= 15 is 0 Å². The minimum Gasteiger partial charge on any atom is -0.330 e. The van der Waals surface area contributed by atoms with Gasteiger partial charge in [-0.15, -0.1) is 10.2 Å². The van der Waals surface area contributed by atoms with Gasteiger partial charge in [-0.25, -0.2) is 4.68 Å². The normalized spacial score (nSPS) is 11.3. The number of carbonyl (C=O) groups excluding carboxylic acids is 1. The Balaban J connectivity index is 2.03. The van der Waals surface area contributed by atoms with Gasteiger partial charge in [0.2, 0.25) is 0 Å². The van der Waals surface area contributed by atoms with E-state index in [2.05, 4.69) is 15.3 Å². The Morgan fingerprint density at radius 1 is 1.27 bits per heavy atom. The van der Waals surface area contributed by atoms with Crippen LogP contribution in [0.2, 0.25) is 0 Å². The van der Waals surface area contributed by atoms with Crippen LogP contribution in [-0.2, 0) is 6.42 Å². The Hall–Kier alpha value is -2.54. The van der Waals surface area contributed by atoms with Gasteiger partial charge in [0.25, 0.3) is 5.91 Å². The molecule has 3 heterocycles. The summed E-state index contributed by atoms with van der Waals surface area (Å²) >= 11 is 0. The summed E-state index contributed by atoms with van der Waals surface area (Å²) in [5.41, 5.74) is 9.52.